The van der Waals surface area contributed by atoms with Gasteiger partial charge in [0, 0.05) is 10.2 Å². The third kappa shape index (κ3) is 6.30. The Morgan fingerprint density at radius 2 is 1.82 bits per heavy atom. The molecule has 0 radical (unpaired) electrons. The summed E-state index contributed by atoms with van der Waals surface area (Å²) in [5.74, 6) is 0.336. The number of anilines is 1. The van der Waals surface area contributed by atoms with E-state index in [4.69, 9.17) is 32.7 Å². The zero-order valence-corrected chi connectivity index (χ0v) is 21.8. The normalized spacial score (nSPS) is 11.0. The first-order chi connectivity index (χ1) is 15.8. The molecule has 3 aromatic rings. The molecule has 3 rings (SSSR count). The van der Waals surface area contributed by atoms with Crippen molar-refractivity contribution >= 4 is 72.7 Å². The van der Waals surface area contributed by atoms with Crippen LogP contribution in [0.4, 0.5) is 5.69 Å². The predicted molar refractivity (Wildman–Crippen MR) is 138 cm³/mol. The van der Waals surface area contributed by atoms with Gasteiger partial charge in [-0.2, -0.15) is 5.26 Å². The summed E-state index contributed by atoms with van der Waals surface area (Å²) in [4.78, 5) is 12.6. The van der Waals surface area contributed by atoms with Crippen molar-refractivity contribution in [2.24, 2.45) is 0 Å². The number of amides is 1. The van der Waals surface area contributed by atoms with Crippen LogP contribution in [0.1, 0.15) is 11.1 Å². The van der Waals surface area contributed by atoms with E-state index in [-0.39, 0.29) is 12.2 Å². The fourth-order valence-electron chi connectivity index (χ4n) is 2.80. The number of nitrogens with zero attached hydrogens (tertiary/aromatic N) is 1. The standard InChI is InChI=1S/C24H16Br2Cl2N2O3/c1-32-20-11-15(10-16(12-29)24(31)30-17-5-3-2-4-6-17)21(25)22(26)23(20)33-13-14-7-8-18(27)19(28)9-14/h2-11H,13H2,1H3,(H,30,31)/b16-10-. The third-order valence-electron chi connectivity index (χ3n) is 4.44. The average molecular weight is 611 g/mol. The largest absolute Gasteiger partial charge is 0.493 e. The topological polar surface area (TPSA) is 71.3 Å². The first kappa shape index (κ1) is 25.1. The number of nitrogens with one attached hydrogen (secondary N) is 1. The maximum absolute atomic E-state index is 12.6. The molecule has 0 aliphatic heterocycles. The van der Waals surface area contributed by atoms with E-state index in [0.29, 0.717) is 41.7 Å². The van der Waals surface area contributed by atoms with Crippen LogP contribution in [0.15, 0.2) is 69.1 Å². The Bertz CT molecular complexity index is 1260. The van der Waals surface area contributed by atoms with Crippen molar-refractivity contribution in [3.63, 3.8) is 0 Å². The molecular formula is C24H16Br2Cl2N2O3. The van der Waals surface area contributed by atoms with Crippen LogP contribution in [0.3, 0.4) is 0 Å². The highest BCUT2D eigenvalue weighted by molar-refractivity contribution is 9.13. The lowest BCUT2D eigenvalue weighted by molar-refractivity contribution is -0.112. The van der Waals surface area contributed by atoms with Gasteiger partial charge in [0.15, 0.2) is 11.5 Å². The highest BCUT2D eigenvalue weighted by Crippen LogP contribution is 2.44. The molecule has 0 aliphatic carbocycles. The second-order valence-corrected chi connectivity index (χ2v) is 9.05. The van der Waals surface area contributed by atoms with Crippen LogP contribution < -0.4 is 14.8 Å². The molecule has 5 nitrogen and oxygen atoms in total. The monoisotopic (exact) mass is 608 g/mol. The molecule has 9 heteroatoms. The Morgan fingerprint density at radius 3 is 2.45 bits per heavy atom. The number of carbonyl (C=O) groups excluding carboxylic acids is 1. The fourth-order valence-corrected chi connectivity index (χ4v) is 4.07. The predicted octanol–water partition coefficient (Wildman–Crippen LogP) is 7.65. The highest BCUT2D eigenvalue weighted by Gasteiger charge is 2.18. The van der Waals surface area contributed by atoms with Gasteiger partial charge in [-0.15, -0.1) is 0 Å². The van der Waals surface area contributed by atoms with Gasteiger partial charge in [-0.05, 0) is 79.4 Å². The lowest BCUT2D eigenvalue weighted by atomic mass is 10.1. The van der Waals surface area contributed by atoms with Gasteiger partial charge < -0.3 is 14.8 Å². The number of carbonyl (C=O) groups is 1. The molecule has 0 spiro atoms. The van der Waals surface area contributed by atoms with Crippen molar-refractivity contribution in [1.29, 1.82) is 5.26 Å². The smallest absolute Gasteiger partial charge is 0.266 e. The van der Waals surface area contributed by atoms with Crippen LogP contribution in [-0.4, -0.2) is 13.0 Å². The van der Waals surface area contributed by atoms with Crippen molar-refractivity contribution in [1.82, 2.24) is 0 Å². The molecule has 0 atom stereocenters. The van der Waals surface area contributed by atoms with E-state index in [9.17, 15) is 10.1 Å². The quantitative estimate of drug-likeness (QED) is 0.220. The maximum atomic E-state index is 12.6. The number of rotatable bonds is 7. The molecule has 3 aromatic carbocycles. The molecule has 33 heavy (non-hydrogen) atoms. The third-order valence-corrected chi connectivity index (χ3v) is 7.32. The molecule has 1 N–H and O–H groups in total. The first-order valence-electron chi connectivity index (χ1n) is 9.45. The zero-order valence-electron chi connectivity index (χ0n) is 17.2. The maximum Gasteiger partial charge on any atom is 0.266 e. The Hall–Kier alpha value is -2.50. The molecule has 168 valence electrons. The molecule has 0 fully saturated rings. The second-order valence-electron chi connectivity index (χ2n) is 6.65. The van der Waals surface area contributed by atoms with Crippen molar-refractivity contribution < 1.29 is 14.3 Å². The molecular weight excluding hydrogens is 595 g/mol. The summed E-state index contributed by atoms with van der Waals surface area (Å²) >= 11 is 19.1. The van der Waals surface area contributed by atoms with E-state index in [1.165, 1.54) is 13.2 Å². The second kappa shape index (κ2) is 11.6. The van der Waals surface area contributed by atoms with Gasteiger partial charge in [-0.1, -0.05) is 47.5 Å². The van der Waals surface area contributed by atoms with Crippen LogP contribution >= 0.6 is 55.1 Å². The van der Waals surface area contributed by atoms with Gasteiger partial charge >= 0.3 is 0 Å². The van der Waals surface area contributed by atoms with E-state index in [2.05, 4.69) is 37.2 Å². The van der Waals surface area contributed by atoms with Crippen LogP contribution in [0.5, 0.6) is 11.5 Å². The molecule has 0 bridgehead atoms. The number of hydrogen-bond acceptors (Lipinski definition) is 4. The summed E-state index contributed by atoms with van der Waals surface area (Å²) in [7, 11) is 1.50. The number of halogens is 4. The number of nitriles is 1. The van der Waals surface area contributed by atoms with Gasteiger partial charge in [0.2, 0.25) is 0 Å². The van der Waals surface area contributed by atoms with Crippen molar-refractivity contribution in [2.75, 3.05) is 12.4 Å². The summed E-state index contributed by atoms with van der Waals surface area (Å²) in [6.07, 6.45) is 1.47. The van der Waals surface area contributed by atoms with Crippen molar-refractivity contribution in [3.05, 3.63) is 90.3 Å². The average Bonchev–Trinajstić information content (AvgIpc) is 2.82. The Balaban J connectivity index is 1.88. The number of para-hydroxylation sites is 1. The minimum absolute atomic E-state index is 0.0713. The molecule has 0 unspecified atom stereocenters. The van der Waals surface area contributed by atoms with E-state index in [0.717, 1.165) is 5.56 Å². The molecule has 0 saturated heterocycles. The van der Waals surface area contributed by atoms with Crippen molar-refractivity contribution in [3.8, 4) is 17.6 Å². The van der Waals surface area contributed by atoms with E-state index in [1.54, 1.807) is 42.5 Å². The molecule has 1 amide bonds. The van der Waals surface area contributed by atoms with Crippen LogP contribution in [0, 0.1) is 11.3 Å². The Kier molecular flexibility index (Phi) is 8.81. The molecule has 0 saturated carbocycles. The molecule has 0 aliphatic rings. The minimum Gasteiger partial charge on any atom is -0.493 e. The van der Waals surface area contributed by atoms with E-state index < -0.39 is 5.91 Å². The van der Waals surface area contributed by atoms with Crippen molar-refractivity contribution in [2.45, 2.75) is 6.61 Å². The lowest BCUT2D eigenvalue weighted by Gasteiger charge is -2.16. The molecule has 0 aromatic heterocycles. The lowest BCUT2D eigenvalue weighted by Crippen LogP contribution is -2.13. The number of hydrogen-bond donors (Lipinski definition) is 1. The van der Waals surface area contributed by atoms with E-state index >= 15 is 0 Å². The summed E-state index contributed by atoms with van der Waals surface area (Å²) in [5, 5.41) is 13.1. The SMILES string of the molecule is COc1cc(/C=C(/C#N)C(=O)Nc2ccccc2)c(Br)c(Br)c1OCc1ccc(Cl)c(Cl)c1. The summed E-state index contributed by atoms with van der Waals surface area (Å²) in [6.45, 7) is 0.219. The van der Waals surface area contributed by atoms with Gasteiger partial charge in [-0.3, -0.25) is 4.79 Å². The minimum atomic E-state index is -0.523. The number of benzene rings is 3. The first-order valence-corrected chi connectivity index (χ1v) is 11.8. The summed E-state index contributed by atoms with van der Waals surface area (Å²) in [5.41, 5.74) is 1.90. The number of ether oxygens (including phenoxy) is 2. The Labute approximate surface area is 218 Å². The van der Waals surface area contributed by atoms with Crippen LogP contribution in [0.25, 0.3) is 6.08 Å². The van der Waals surface area contributed by atoms with Gasteiger partial charge in [0.05, 0.1) is 21.6 Å². The van der Waals surface area contributed by atoms with Gasteiger partial charge in [-0.25, -0.2) is 0 Å². The van der Waals surface area contributed by atoms with Crippen LogP contribution in [0.2, 0.25) is 10.0 Å². The highest BCUT2D eigenvalue weighted by atomic mass is 79.9. The zero-order chi connectivity index (χ0) is 24.0. The fraction of sp³-hybridized carbons (Fsp3) is 0.0833. The summed E-state index contributed by atoms with van der Waals surface area (Å²) in [6, 6.07) is 17.7. The summed E-state index contributed by atoms with van der Waals surface area (Å²) < 4.78 is 12.6. The van der Waals surface area contributed by atoms with E-state index in [1.807, 2.05) is 18.2 Å². The van der Waals surface area contributed by atoms with Gasteiger partial charge in [0.1, 0.15) is 18.2 Å². The molecule has 0 heterocycles. The Morgan fingerprint density at radius 1 is 1.09 bits per heavy atom. The van der Waals surface area contributed by atoms with Crippen LogP contribution in [-0.2, 0) is 11.4 Å². The van der Waals surface area contributed by atoms with Gasteiger partial charge in [0.25, 0.3) is 5.91 Å². The number of methoxy groups -OCH3 is 1.